The summed E-state index contributed by atoms with van der Waals surface area (Å²) in [6.07, 6.45) is 4.44. The largest absolute Gasteiger partial charge is 0.289 e. The molecule has 0 saturated heterocycles. The van der Waals surface area contributed by atoms with Gasteiger partial charge in [-0.15, -0.1) is 0 Å². The van der Waals surface area contributed by atoms with E-state index in [1.807, 2.05) is 0 Å². The number of hydrogen-bond acceptors (Lipinski definition) is 2. The molecule has 0 bridgehead atoms. The van der Waals surface area contributed by atoms with Gasteiger partial charge < -0.3 is 0 Å². The zero-order valence-electron chi connectivity index (χ0n) is 9.88. The minimum Gasteiger partial charge on any atom is -0.289 e. The summed E-state index contributed by atoms with van der Waals surface area (Å²) >= 11 is 5.83. The van der Waals surface area contributed by atoms with Crippen LogP contribution in [0.4, 0.5) is 10.2 Å². The van der Waals surface area contributed by atoms with E-state index in [0.717, 1.165) is 0 Å². The van der Waals surface area contributed by atoms with Crippen molar-refractivity contribution in [2.45, 2.75) is 0 Å². The summed E-state index contributed by atoms with van der Waals surface area (Å²) in [6, 6.07) is 8.62. The van der Waals surface area contributed by atoms with Gasteiger partial charge in [0.05, 0.1) is 11.2 Å². The van der Waals surface area contributed by atoms with Crippen molar-refractivity contribution in [1.82, 2.24) is 0 Å². The highest BCUT2D eigenvalue weighted by molar-refractivity contribution is 6.30. The van der Waals surface area contributed by atoms with Crippen LogP contribution in [-0.2, 0) is 0 Å². The number of aromatic nitrogens is 1. The second kappa shape index (κ2) is 5.63. The van der Waals surface area contributed by atoms with Gasteiger partial charge in [-0.1, -0.05) is 11.6 Å². The van der Waals surface area contributed by atoms with Crippen molar-refractivity contribution >= 4 is 29.4 Å². The number of halogens is 2. The molecular weight excluding hydrogens is 267 g/mol. The lowest BCUT2D eigenvalue weighted by atomic mass is 10.1. The molecule has 0 aliphatic heterocycles. The van der Waals surface area contributed by atoms with Crippen molar-refractivity contribution in [1.29, 1.82) is 0 Å². The van der Waals surface area contributed by atoms with Crippen molar-refractivity contribution in [3.05, 3.63) is 65.1 Å². The molecule has 5 heteroatoms. The van der Waals surface area contributed by atoms with Gasteiger partial charge in [-0.25, -0.2) is 8.96 Å². The first-order chi connectivity index (χ1) is 9.06. The lowest BCUT2D eigenvalue weighted by molar-refractivity contribution is -0.552. The summed E-state index contributed by atoms with van der Waals surface area (Å²) in [6.45, 7) is 0. The van der Waals surface area contributed by atoms with Gasteiger partial charge in [0, 0.05) is 17.7 Å². The van der Waals surface area contributed by atoms with E-state index < -0.39 is 0 Å². The summed E-state index contributed by atoms with van der Waals surface area (Å²) in [4.78, 5) is 11.8. The first kappa shape index (κ1) is 13.2. The molecule has 0 spiro atoms. The zero-order chi connectivity index (χ0) is 13.8. The molecule has 1 heterocycles. The van der Waals surface area contributed by atoms with Crippen LogP contribution in [0.25, 0.3) is 6.20 Å². The SMILES string of the molecule is Nc1ccc(Cl)c[n+]1/C=C/C(=O)c1ccc(F)cc1. The maximum Gasteiger partial charge on any atom is 0.277 e. The van der Waals surface area contributed by atoms with Crippen LogP contribution in [0.15, 0.2) is 48.7 Å². The number of nitrogen functional groups attached to an aromatic ring is 1. The van der Waals surface area contributed by atoms with Crippen LogP contribution in [-0.4, -0.2) is 5.78 Å². The van der Waals surface area contributed by atoms with Gasteiger partial charge in [0.2, 0.25) is 0 Å². The molecule has 2 N–H and O–H groups in total. The van der Waals surface area contributed by atoms with E-state index in [2.05, 4.69) is 0 Å². The summed E-state index contributed by atoms with van der Waals surface area (Å²) in [7, 11) is 0. The highest BCUT2D eigenvalue weighted by Gasteiger charge is 2.05. The molecule has 96 valence electrons. The molecular formula is C14H11ClFN2O+. The van der Waals surface area contributed by atoms with E-state index in [0.29, 0.717) is 16.4 Å². The number of allylic oxidation sites excluding steroid dienone is 1. The number of carbonyl (C=O) groups excluding carboxylic acids is 1. The number of carbonyl (C=O) groups is 1. The number of rotatable bonds is 3. The average molecular weight is 278 g/mol. The summed E-state index contributed by atoms with van der Waals surface area (Å²) in [5.74, 6) is -0.173. The third-order valence-electron chi connectivity index (χ3n) is 2.49. The molecule has 0 aliphatic rings. The predicted molar refractivity (Wildman–Crippen MR) is 72.1 cm³/mol. The molecule has 1 aromatic heterocycles. The number of hydrogen-bond donors (Lipinski definition) is 1. The van der Waals surface area contributed by atoms with Crippen molar-refractivity contribution in [3.63, 3.8) is 0 Å². The van der Waals surface area contributed by atoms with E-state index >= 15 is 0 Å². The van der Waals surface area contributed by atoms with Gasteiger partial charge >= 0.3 is 0 Å². The Morgan fingerprint density at radius 1 is 1.21 bits per heavy atom. The second-order valence-electron chi connectivity index (χ2n) is 3.87. The van der Waals surface area contributed by atoms with Crippen LogP contribution in [0.3, 0.4) is 0 Å². The Morgan fingerprint density at radius 3 is 2.58 bits per heavy atom. The molecule has 2 aromatic rings. The number of ketones is 1. The highest BCUT2D eigenvalue weighted by atomic mass is 35.5. The predicted octanol–water partition coefficient (Wildman–Crippen LogP) is 2.70. The minimum atomic E-state index is -0.381. The minimum absolute atomic E-state index is 0.244. The molecule has 0 unspecified atom stereocenters. The highest BCUT2D eigenvalue weighted by Crippen LogP contribution is 2.07. The van der Waals surface area contributed by atoms with Crippen LogP contribution in [0.1, 0.15) is 10.4 Å². The Kier molecular flexibility index (Phi) is 3.92. The average Bonchev–Trinajstić information content (AvgIpc) is 2.40. The number of benzene rings is 1. The molecule has 3 nitrogen and oxygen atoms in total. The Morgan fingerprint density at radius 2 is 1.89 bits per heavy atom. The maximum absolute atomic E-state index is 12.7. The van der Waals surface area contributed by atoms with Gasteiger partial charge in [-0.05, 0) is 30.3 Å². The van der Waals surface area contributed by atoms with Crippen LogP contribution >= 0.6 is 11.6 Å². The van der Waals surface area contributed by atoms with E-state index in [1.54, 1.807) is 18.3 Å². The molecule has 0 atom stereocenters. The molecule has 2 rings (SSSR count). The van der Waals surface area contributed by atoms with E-state index in [9.17, 15) is 9.18 Å². The smallest absolute Gasteiger partial charge is 0.277 e. The lowest BCUT2D eigenvalue weighted by Crippen LogP contribution is -2.30. The normalized spacial score (nSPS) is 10.8. The Bertz CT molecular complexity index is 638. The summed E-state index contributed by atoms with van der Waals surface area (Å²) in [5, 5.41) is 0.507. The molecule has 0 aliphatic carbocycles. The summed E-state index contributed by atoms with van der Waals surface area (Å²) < 4.78 is 14.3. The molecule has 19 heavy (non-hydrogen) atoms. The Hall–Kier alpha value is -2.20. The van der Waals surface area contributed by atoms with Crippen LogP contribution in [0, 0.1) is 5.82 Å². The first-order valence-electron chi connectivity index (χ1n) is 5.50. The van der Waals surface area contributed by atoms with Crippen LogP contribution < -0.4 is 10.3 Å². The third-order valence-corrected chi connectivity index (χ3v) is 2.71. The van der Waals surface area contributed by atoms with Crippen molar-refractivity contribution in [2.75, 3.05) is 5.73 Å². The Labute approximate surface area is 114 Å². The van der Waals surface area contributed by atoms with E-state index in [-0.39, 0.29) is 11.6 Å². The fourth-order valence-electron chi connectivity index (χ4n) is 1.49. The maximum atomic E-state index is 12.7. The van der Waals surface area contributed by atoms with Crippen LogP contribution in [0.2, 0.25) is 5.02 Å². The van der Waals surface area contributed by atoms with Gasteiger partial charge in [0.25, 0.3) is 5.82 Å². The van der Waals surface area contributed by atoms with Crippen molar-refractivity contribution in [2.24, 2.45) is 0 Å². The molecule has 0 amide bonds. The fourth-order valence-corrected chi connectivity index (χ4v) is 1.66. The van der Waals surface area contributed by atoms with Gasteiger partial charge in [0.15, 0.2) is 5.78 Å². The number of nitrogens with zero attached hydrogens (tertiary/aromatic N) is 1. The molecule has 1 aromatic carbocycles. The molecule has 0 saturated carbocycles. The topological polar surface area (TPSA) is 47.0 Å². The first-order valence-corrected chi connectivity index (χ1v) is 5.88. The van der Waals surface area contributed by atoms with Crippen LogP contribution in [0.5, 0.6) is 0 Å². The van der Waals surface area contributed by atoms with Gasteiger partial charge in [-0.2, -0.15) is 0 Å². The third kappa shape index (κ3) is 3.39. The zero-order valence-corrected chi connectivity index (χ0v) is 10.6. The van der Waals surface area contributed by atoms with Crippen molar-refractivity contribution in [3.8, 4) is 0 Å². The van der Waals surface area contributed by atoms with Crippen molar-refractivity contribution < 1.29 is 13.8 Å². The van der Waals surface area contributed by atoms with E-state index in [1.165, 1.54) is 41.1 Å². The lowest BCUT2D eigenvalue weighted by Gasteiger charge is -1.97. The quantitative estimate of drug-likeness (QED) is 0.533. The Balaban J connectivity index is 2.20. The van der Waals surface area contributed by atoms with Gasteiger partial charge in [0.1, 0.15) is 12.0 Å². The number of pyridine rings is 1. The fraction of sp³-hybridized carbons (Fsp3) is 0. The number of nitrogens with two attached hydrogens (primary N) is 1. The summed E-state index contributed by atoms with van der Waals surface area (Å²) in [5.41, 5.74) is 6.13. The monoisotopic (exact) mass is 277 g/mol. The van der Waals surface area contributed by atoms with E-state index in [4.69, 9.17) is 17.3 Å². The second-order valence-corrected chi connectivity index (χ2v) is 4.30. The molecule has 0 radical (unpaired) electrons. The van der Waals surface area contributed by atoms with Gasteiger partial charge in [-0.3, -0.25) is 10.5 Å². The standard InChI is InChI=1S/C14H10ClFN2O/c15-11-3-6-14(17)18(9-11)8-7-13(19)10-1-4-12(16)5-2-10/h1-9,17H/p+1/b8-7+. The molecule has 0 fully saturated rings. The number of anilines is 1.